The molecule has 0 radical (unpaired) electrons. The molecule has 1 nitrogen and oxygen atoms in total. The molecular formula is C25H29N. The molecule has 2 aromatic carbocycles. The van der Waals surface area contributed by atoms with Crippen LogP contribution in [0.2, 0.25) is 0 Å². The fourth-order valence-corrected chi connectivity index (χ4v) is 3.41. The minimum atomic E-state index is 0.486. The number of nitrogens with one attached hydrogen (secondary N) is 1. The van der Waals surface area contributed by atoms with Gasteiger partial charge in [0.25, 0.3) is 0 Å². The number of hydrogen-bond donors (Lipinski definition) is 1. The Balaban J connectivity index is 1.76. The van der Waals surface area contributed by atoms with Crippen molar-refractivity contribution < 1.29 is 0 Å². The topological polar surface area (TPSA) is 12.0 Å². The van der Waals surface area contributed by atoms with E-state index in [1.54, 1.807) is 0 Å². The predicted molar refractivity (Wildman–Crippen MR) is 112 cm³/mol. The third-order valence-corrected chi connectivity index (χ3v) is 4.91. The largest absolute Gasteiger partial charge is 0.381 e. The van der Waals surface area contributed by atoms with Crippen LogP contribution in [0.3, 0.4) is 0 Å². The van der Waals surface area contributed by atoms with Gasteiger partial charge in [0.05, 0.1) is 0 Å². The summed E-state index contributed by atoms with van der Waals surface area (Å²) in [4.78, 5) is 0. The number of allylic oxidation sites excluding steroid dienone is 5. The summed E-state index contributed by atoms with van der Waals surface area (Å²) >= 11 is 0. The third-order valence-electron chi connectivity index (χ3n) is 4.91. The Morgan fingerprint density at radius 3 is 2.46 bits per heavy atom. The Kier molecular flexibility index (Phi) is 6.89. The Morgan fingerprint density at radius 2 is 1.73 bits per heavy atom. The summed E-state index contributed by atoms with van der Waals surface area (Å²) in [6.07, 6.45) is 13.8. The van der Waals surface area contributed by atoms with Crippen molar-refractivity contribution in [3.8, 4) is 0 Å². The zero-order chi connectivity index (χ0) is 18.0. The molecule has 26 heavy (non-hydrogen) atoms. The first-order chi connectivity index (χ1) is 12.9. The summed E-state index contributed by atoms with van der Waals surface area (Å²) in [5.74, 6) is 0.486. The van der Waals surface area contributed by atoms with Gasteiger partial charge in [-0.2, -0.15) is 0 Å². The first-order valence-corrected chi connectivity index (χ1v) is 9.77. The first kappa shape index (κ1) is 18.3. The van der Waals surface area contributed by atoms with Crippen LogP contribution in [0.5, 0.6) is 0 Å². The molecular weight excluding hydrogens is 314 g/mol. The summed E-state index contributed by atoms with van der Waals surface area (Å²) in [5.41, 5.74) is 5.40. The van der Waals surface area contributed by atoms with E-state index in [4.69, 9.17) is 0 Å². The predicted octanol–water partition coefficient (Wildman–Crippen LogP) is 6.52. The van der Waals surface area contributed by atoms with Crippen LogP contribution in [0, 0.1) is 0 Å². The molecule has 3 rings (SSSR count). The van der Waals surface area contributed by atoms with Gasteiger partial charge >= 0.3 is 0 Å². The van der Waals surface area contributed by atoms with Crippen LogP contribution >= 0.6 is 0 Å². The van der Waals surface area contributed by atoms with Crippen LogP contribution < -0.4 is 5.32 Å². The van der Waals surface area contributed by atoms with Gasteiger partial charge in [0.1, 0.15) is 0 Å². The fourth-order valence-electron chi connectivity index (χ4n) is 3.41. The van der Waals surface area contributed by atoms with E-state index in [-0.39, 0.29) is 0 Å². The average molecular weight is 344 g/mol. The standard InChI is InChI=1S/C25H29N/c1-2-3-14-23(22-15-8-5-9-16-22)19-24-17-10-11-18-25(24)26-20-21-12-6-4-7-13-21/h4-13,15-16,18-19,23,26H,2-3,14,17,20H2,1H3/b24-19+. The summed E-state index contributed by atoms with van der Waals surface area (Å²) in [5, 5.41) is 3.64. The monoisotopic (exact) mass is 343 g/mol. The minimum absolute atomic E-state index is 0.486. The van der Waals surface area contributed by atoms with Gasteiger partial charge in [-0.05, 0) is 35.6 Å². The highest BCUT2D eigenvalue weighted by molar-refractivity contribution is 5.41. The lowest BCUT2D eigenvalue weighted by atomic mass is 9.89. The Morgan fingerprint density at radius 1 is 1.00 bits per heavy atom. The normalized spacial score (nSPS) is 16.3. The second kappa shape index (κ2) is 9.82. The Hall–Kier alpha value is -2.54. The minimum Gasteiger partial charge on any atom is -0.381 e. The molecule has 2 aromatic rings. The third kappa shape index (κ3) is 5.23. The molecule has 0 saturated heterocycles. The molecule has 0 aromatic heterocycles. The summed E-state index contributed by atoms with van der Waals surface area (Å²) in [7, 11) is 0. The van der Waals surface area contributed by atoms with Gasteiger partial charge in [-0.25, -0.2) is 0 Å². The Bertz CT molecular complexity index is 753. The highest BCUT2D eigenvalue weighted by atomic mass is 14.9. The van der Waals surface area contributed by atoms with Crippen molar-refractivity contribution in [3.63, 3.8) is 0 Å². The van der Waals surface area contributed by atoms with Crippen LogP contribution in [0.4, 0.5) is 0 Å². The van der Waals surface area contributed by atoms with E-state index < -0.39 is 0 Å². The van der Waals surface area contributed by atoms with E-state index in [0.717, 1.165) is 13.0 Å². The maximum atomic E-state index is 3.64. The zero-order valence-corrected chi connectivity index (χ0v) is 15.7. The fraction of sp³-hybridized carbons (Fsp3) is 0.280. The highest BCUT2D eigenvalue weighted by Crippen LogP contribution is 2.29. The lowest BCUT2D eigenvalue weighted by Crippen LogP contribution is -2.16. The highest BCUT2D eigenvalue weighted by Gasteiger charge is 2.13. The van der Waals surface area contributed by atoms with Crippen LogP contribution in [-0.2, 0) is 6.54 Å². The van der Waals surface area contributed by atoms with Crippen LogP contribution in [0.1, 0.15) is 49.7 Å². The van der Waals surface area contributed by atoms with Crippen molar-refractivity contribution in [2.24, 2.45) is 0 Å². The zero-order valence-electron chi connectivity index (χ0n) is 15.7. The van der Waals surface area contributed by atoms with Crippen LogP contribution in [0.15, 0.2) is 96.2 Å². The molecule has 134 valence electrons. The smallest absolute Gasteiger partial charge is 0.0400 e. The van der Waals surface area contributed by atoms with E-state index in [1.807, 2.05) is 0 Å². The van der Waals surface area contributed by atoms with E-state index in [0.29, 0.717) is 5.92 Å². The maximum absolute atomic E-state index is 3.64. The second-order valence-corrected chi connectivity index (χ2v) is 6.90. The molecule has 0 bridgehead atoms. The summed E-state index contributed by atoms with van der Waals surface area (Å²) in [6, 6.07) is 21.5. The molecule has 0 spiro atoms. The maximum Gasteiger partial charge on any atom is 0.0400 e. The number of hydrogen-bond acceptors (Lipinski definition) is 1. The molecule has 0 heterocycles. The molecule has 0 fully saturated rings. The van der Waals surface area contributed by atoms with Gasteiger partial charge in [-0.3, -0.25) is 0 Å². The summed E-state index contributed by atoms with van der Waals surface area (Å²) in [6.45, 7) is 3.13. The van der Waals surface area contributed by atoms with Crippen molar-refractivity contribution >= 4 is 0 Å². The van der Waals surface area contributed by atoms with E-state index in [9.17, 15) is 0 Å². The van der Waals surface area contributed by atoms with Gasteiger partial charge in [-0.1, -0.05) is 98.7 Å². The van der Waals surface area contributed by atoms with Gasteiger partial charge in [0.2, 0.25) is 0 Å². The molecule has 1 heteroatoms. The van der Waals surface area contributed by atoms with E-state index in [2.05, 4.69) is 97.2 Å². The molecule has 0 saturated carbocycles. The molecule has 1 unspecified atom stereocenters. The lowest BCUT2D eigenvalue weighted by Gasteiger charge is -2.20. The van der Waals surface area contributed by atoms with Crippen molar-refractivity contribution in [2.75, 3.05) is 0 Å². The number of unbranched alkanes of at least 4 members (excludes halogenated alkanes) is 1. The van der Waals surface area contributed by atoms with Gasteiger partial charge in [0, 0.05) is 18.2 Å². The Labute approximate surface area is 158 Å². The quantitative estimate of drug-likeness (QED) is 0.575. The SMILES string of the molecule is CCCCC(/C=C1\CC=CC=C1NCc1ccccc1)c1ccccc1. The van der Waals surface area contributed by atoms with Crippen molar-refractivity contribution in [3.05, 3.63) is 107 Å². The summed E-state index contributed by atoms with van der Waals surface area (Å²) < 4.78 is 0. The van der Waals surface area contributed by atoms with Gasteiger partial charge in [-0.15, -0.1) is 0 Å². The second-order valence-electron chi connectivity index (χ2n) is 6.90. The van der Waals surface area contributed by atoms with Crippen LogP contribution in [-0.4, -0.2) is 0 Å². The molecule has 0 aliphatic heterocycles. The molecule has 1 aliphatic rings. The van der Waals surface area contributed by atoms with Crippen molar-refractivity contribution in [2.45, 2.75) is 45.1 Å². The van der Waals surface area contributed by atoms with E-state index >= 15 is 0 Å². The molecule has 1 aliphatic carbocycles. The first-order valence-electron chi connectivity index (χ1n) is 9.77. The molecule has 1 atom stereocenters. The lowest BCUT2D eigenvalue weighted by molar-refractivity contribution is 0.659. The van der Waals surface area contributed by atoms with Crippen molar-refractivity contribution in [1.29, 1.82) is 0 Å². The van der Waals surface area contributed by atoms with Crippen LogP contribution in [0.25, 0.3) is 0 Å². The molecule has 0 amide bonds. The average Bonchev–Trinajstić information content (AvgIpc) is 2.71. The van der Waals surface area contributed by atoms with Gasteiger partial charge in [0.15, 0.2) is 0 Å². The molecule has 1 N–H and O–H groups in total. The number of rotatable bonds is 8. The number of benzene rings is 2. The van der Waals surface area contributed by atoms with Gasteiger partial charge < -0.3 is 5.32 Å². The van der Waals surface area contributed by atoms with Crippen molar-refractivity contribution in [1.82, 2.24) is 5.32 Å². The van der Waals surface area contributed by atoms with E-state index in [1.165, 1.54) is 41.7 Å².